The van der Waals surface area contributed by atoms with Crippen LogP contribution in [-0.4, -0.2) is 6.54 Å². The van der Waals surface area contributed by atoms with E-state index in [9.17, 15) is 0 Å². The van der Waals surface area contributed by atoms with Crippen LogP contribution >= 0.6 is 0 Å². The zero-order valence-corrected chi connectivity index (χ0v) is 26.3. The van der Waals surface area contributed by atoms with Gasteiger partial charge in [-0.25, -0.2) is 0 Å². The second-order valence-electron chi connectivity index (χ2n) is 9.50. The molecule has 2 atom stereocenters. The van der Waals surface area contributed by atoms with Crippen molar-refractivity contribution in [3.63, 3.8) is 0 Å². The number of allylic oxidation sites excluding steroid dienone is 9. The van der Waals surface area contributed by atoms with Gasteiger partial charge in [0, 0.05) is 41.2 Å². The third kappa shape index (κ3) is 9.88. The Hall–Kier alpha value is -3.00. The molecule has 1 aromatic carbocycles. The van der Waals surface area contributed by atoms with Gasteiger partial charge >= 0.3 is 0 Å². The number of nitrogens with zero attached hydrogens (tertiary/aromatic N) is 1. The Morgan fingerprint density at radius 2 is 1.68 bits per heavy atom. The Morgan fingerprint density at radius 1 is 1.00 bits per heavy atom. The summed E-state index contributed by atoms with van der Waals surface area (Å²) in [6, 6.07) is 10.7. The molecule has 3 aliphatic carbocycles. The van der Waals surface area contributed by atoms with Crippen LogP contribution in [0.2, 0.25) is 0 Å². The number of anilines is 1. The van der Waals surface area contributed by atoms with Gasteiger partial charge in [-0.1, -0.05) is 115 Å². The van der Waals surface area contributed by atoms with Crippen LogP contribution < -0.4 is 10.2 Å². The molecule has 4 aliphatic rings. The van der Waals surface area contributed by atoms with Gasteiger partial charge in [-0.15, -0.1) is 6.58 Å². The highest BCUT2D eigenvalue weighted by Crippen LogP contribution is 2.47. The van der Waals surface area contributed by atoms with Crippen molar-refractivity contribution in [1.29, 1.82) is 0 Å². The van der Waals surface area contributed by atoms with Crippen molar-refractivity contribution < 1.29 is 0 Å². The van der Waals surface area contributed by atoms with E-state index in [1.165, 1.54) is 48.3 Å². The summed E-state index contributed by atoms with van der Waals surface area (Å²) in [6.07, 6.45) is 27.8. The number of hydrogen-bond acceptors (Lipinski definition) is 2. The third-order valence-corrected chi connectivity index (χ3v) is 7.14. The smallest absolute Gasteiger partial charge is 0.0452 e. The van der Waals surface area contributed by atoms with E-state index in [1.807, 2.05) is 48.5 Å². The summed E-state index contributed by atoms with van der Waals surface area (Å²) in [4.78, 5) is 2.38. The molecule has 2 nitrogen and oxygen atoms in total. The first-order valence-electron chi connectivity index (χ1n) is 15.4. The molecule has 2 heteroatoms. The standard InChI is InChI=1S/C28H32N2.C3H6.3C2H6.CH4/c1-22-20-30(25-13-7-3-8-14-25)27-16-15-23(19-26(22)27)28(17-9-4-10-18-28)21-29-24-11-5-2-6-12-24;1-3-2;3*1-2;/h3-4,7-11,13-17,20,26,29H,2,5-6,12,18-19,21H2,1H3;3H,1H2,2H3;3*1-2H3;1H4. The maximum absolute atomic E-state index is 3.82. The first-order valence-corrected chi connectivity index (χ1v) is 15.4. The Kier molecular flexibility index (Phi) is 19.3. The Labute approximate surface area is 249 Å². The summed E-state index contributed by atoms with van der Waals surface area (Å²) >= 11 is 0. The Balaban J connectivity index is 0.00000138. The molecule has 0 amide bonds. The molecule has 40 heavy (non-hydrogen) atoms. The van der Waals surface area contributed by atoms with E-state index in [4.69, 9.17) is 0 Å². The minimum Gasteiger partial charge on any atom is -0.387 e. The molecule has 2 unspecified atom stereocenters. The van der Waals surface area contributed by atoms with Crippen molar-refractivity contribution in [2.24, 2.45) is 11.3 Å². The van der Waals surface area contributed by atoms with Crippen LogP contribution in [0.25, 0.3) is 0 Å². The lowest BCUT2D eigenvalue weighted by atomic mass is 9.69. The second-order valence-corrected chi connectivity index (χ2v) is 9.50. The lowest BCUT2D eigenvalue weighted by Crippen LogP contribution is -2.36. The van der Waals surface area contributed by atoms with E-state index in [0.29, 0.717) is 5.92 Å². The highest BCUT2D eigenvalue weighted by molar-refractivity contribution is 5.62. The number of rotatable bonds is 5. The molecular weight excluding hydrogens is 484 g/mol. The average Bonchev–Trinajstić information content (AvgIpc) is 3.36. The molecular formula is C38H60N2. The van der Waals surface area contributed by atoms with E-state index in [0.717, 1.165) is 19.4 Å². The number of hydrogen-bond donors (Lipinski definition) is 1. The SMILES string of the molecule is C.C=CC.CC.CC.CC.CC1=CN(c2ccccc2)C2=CC=C(C3(CNC4=CCCCC4)C=CC=CC3)CC12. The summed E-state index contributed by atoms with van der Waals surface area (Å²) in [7, 11) is 0. The maximum Gasteiger partial charge on any atom is 0.0452 e. The van der Waals surface area contributed by atoms with Crippen LogP contribution in [0.3, 0.4) is 0 Å². The summed E-state index contributed by atoms with van der Waals surface area (Å²) in [5.41, 5.74) is 7.21. The predicted molar refractivity (Wildman–Crippen MR) is 183 cm³/mol. The topological polar surface area (TPSA) is 15.3 Å². The van der Waals surface area contributed by atoms with Gasteiger partial charge in [-0.3, -0.25) is 0 Å². The number of nitrogens with one attached hydrogen (secondary N) is 1. The number of para-hydroxylation sites is 1. The van der Waals surface area contributed by atoms with Gasteiger partial charge in [0.1, 0.15) is 0 Å². The third-order valence-electron chi connectivity index (χ3n) is 7.14. The largest absolute Gasteiger partial charge is 0.387 e. The van der Waals surface area contributed by atoms with E-state index >= 15 is 0 Å². The van der Waals surface area contributed by atoms with Gasteiger partial charge in [0.05, 0.1) is 0 Å². The maximum atomic E-state index is 3.82. The minimum absolute atomic E-state index is 0. The van der Waals surface area contributed by atoms with Crippen LogP contribution in [0.15, 0.2) is 114 Å². The molecule has 0 fully saturated rings. The molecule has 1 aromatic rings. The van der Waals surface area contributed by atoms with Crippen molar-refractivity contribution >= 4 is 5.69 Å². The van der Waals surface area contributed by atoms with Gasteiger partial charge in [0.15, 0.2) is 0 Å². The van der Waals surface area contributed by atoms with Gasteiger partial charge < -0.3 is 10.2 Å². The van der Waals surface area contributed by atoms with Crippen LogP contribution in [-0.2, 0) is 0 Å². The van der Waals surface area contributed by atoms with Crippen molar-refractivity contribution in [3.8, 4) is 0 Å². The molecule has 0 saturated carbocycles. The van der Waals surface area contributed by atoms with Gasteiger partial charge in [0.25, 0.3) is 0 Å². The fraction of sp³-hybridized carbons (Fsp3) is 0.474. The summed E-state index contributed by atoms with van der Waals surface area (Å²) in [5, 5.41) is 3.82. The number of fused-ring (bicyclic) bond motifs is 1. The molecule has 0 bridgehead atoms. The molecule has 0 radical (unpaired) electrons. The normalized spacial score (nSPS) is 21.6. The highest BCUT2D eigenvalue weighted by atomic mass is 15.2. The van der Waals surface area contributed by atoms with E-state index in [1.54, 1.807) is 11.6 Å². The van der Waals surface area contributed by atoms with Crippen molar-refractivity contribution in [2.75, 3.05) is 11.4 Å². The fourth-order valence-electron chi connectivity index (χ4n) is 5.30. The molecule has 1 aliphatic heterocycles. The molecule has 1 heterocycles. The zero-order valence-electron chi connectivity index (χ0n) is 26.3. The first-order chi connectivity index (χ1) is 19.2. The van der Waals surface area contributed by atoms with Crippen LogP contribution in [0.4, 0.5) is 5.69 Å². The van der Waals surface area contributed by atoms with Crippen molar-refractivity contribution in [1.82, 2.24) is 5.32 Å². The molecule has 5 rings (SSSR count). The van der Waals surface area contributed by atoms with Crippen LogP contribution in [0.1, 0.15) is 101 Å². The molecule has 0 saturated heterocycles. The Bertz CT molecular complexity index is 1020. The monoisotopic (exact) mass is 544 g/mol. The molecule has 222 valence electrons. The zero-order chi connectivity index (χ0) is 29.1. The average molecular weight is 545 g/mol. The van der Waals surface area contributed by atoms with Crippen molar-refractivity contribution in [2.45, 2.75) is 101 Å². The van der Waals surface area contributed by atoms with E-state index in [-0.39, 0.29) is 12.8 Å². The highest BCUT2D eigenvalue weighted by Gasteiger charge is 2.38. The molecule has 0 aromatic heterocycles. The minimum atomic E-state index is 0. The van der Waals surface area contributed by atoms with E-state index in [2.05, 4.69) is 103 Å². The summed E-state index contributed by atoms with van der Waals surface area (Å²) in [6.45, 7) is 20.5. The van der Waals surface area contributed by atoms with Gasteiger partial charge in [0.2, 0.25) is 0 Å². The molecule has 1 N–H and O–H groups in total. The fourth-order valence-corrected chi connectivity index (χ4v) is 5.30. The van der Waals surface area contributed by atoms with Gasteiger partial charge in [-0.2, -0.15) is 0 Å². The molecule has 0 spiro atoms. The lowest BCUT2D eigenvalue weighted by Gasteiger charge is -2.38. The quantitative estimate of drug-likeness (QED) is 0.371. The van der Waals surface area contributed by atoms with Crippen LogP contribution in [0.5, 0.6) is 0 Å². The number of benzene rings is 1. The van der Waals surface area contributed by atoms with Crippen molar-refractivity contribution in [3.05, 3.63) is 114 Å². The predicted octanol–water partition coefficient (Wildman–Crippen LogP) is 11.7. The second kappa shape index (κ2) is 20.8. The Morgan fingerprint density at radius 3 is 2.25 bits per heavy atom. The lowest BCUT2D eigenvalue weighted by molar-refractivity contribution is 0.407. The van der Waals surface area contributed by atoms with E-state index < -0.39 is 0 Å². The van der Waals surface area contributed by atoms with Crippen LogP contribution in [0, 0.1) is 11.3 Å². The first kappa shape index (κ1) is 37.0. The summed E-state index contributed by atoms with van der Waals surface area (Å²) < 4.78 is 0. The summed E-state index contributed by atoms with van der Waals surface area (Å²) in [5.74, 6) is 0.482. The van der Waals surface area contributed by atoms with Gasteiger partial charge in [-0.05, 0) is 76.2 Å².